The smallest absolute Gasteiger partial charge is 0.141 e. The van der Waals surface area contributed by atoms with E-state index in [0.29, 0.717) is 21.5 Å². The maximum absolute atomic E-state index is 13.5. The van der Waals surface area contributed by atoms with E-state index in [0.717, 1.165) is 10.0 Å². The van der Waals surface area contributed by atoms with Gasteiger partial charge in [0.05, 0.1) is 19.6 Å². The van der Waals surface area contributed by atoms with Gasteiger partial charge in [-0.2, -0.15) is 0 Å². The van der Waals surface area contributed by atoms with Gasteiger partial charge in [-0.05, 0) is 51.8 Å². The summed E-state index contributed by atoms with van der Waals surface area (Å²) in [5.41, 5.74) is 1.35. The van der Waals surface area contributed by atoms with Crippen LogP contribution in [-0.2, 0) is 0 Å². The summed E-state index contributed by atoms with van der Waals surface area (Å²) in [5, 5.41) is -0.563. The minimum atomic E-state index is -0.563. The highest BCUT2D eigenvalue weighted by Crippen LogP contribution is 2.44. The quantitative estimate of drug-likeness (QED) is 0.571. The predicted octanol–water partition coefficient (Wildman–Crippen LogP) is 5.70. The molecule has 0 radical (unpaired) electrons. The molecule has 1 atom stereocenters. The number of alkyl halides is 1. The lowest BCUT2D eigenvalue weighted by atomic mass is 10.0. The van der Waals surface area contributed by atoms with E-state index in [2.05, 4.69) is 31.9 Å². The molecule has 2 nitrogen and oxygen atoms in total. The van der Waals surface area contributed by atoms with Gasteiger partial charge in [0, 0.05) is 10.0 Å². The van der Waals surface area contributed by atoms with Crippen molar-refractivity contribution < 1.29 is 13.9 Å². The molecular formula is C15H12Br2ClFO2. The molecule has 2 aromatic rings. The van der Waals surface area contributed by atoms with E-state index in [9.17, 15) is 4.39 Å². The number of benzene rings is 2. The Bertz CT molecular complexity index is 664. The van der Waals surface area contributed by atoms with Gasteiger partial charge in [-0.1, -0.05) is 15.9 Å². The Kier molecular flexibility index (Phi) is 5.52. The van der Waals surface area contributed by atoms with Crippen LogP contribution in [0.4, 0.5) is 4.39 Å². The van der Waals surface area contributed by atoms with Crippen LogP contribution in [0, 0.1) is 5.82 Å². The van der Waals surface area contributed by atoms with Gasteiger partial charge in [0.25, 0.3) is 0 Å². The normalized spacial score (nSPS) is 12.1. The Morgan fingerprint density at radius 3 is 2.38 bits per heavy atom. The molecule has 1 unspecified atom stereocenters. The summed E-state index contributed by atoms with van der Waals surface area (Å²) in [6, 6.07) is 7.99. The van der Waals surface area contributed by atoms with Crippen LogP contribution in [0.3, 0.4) is 0 Å². The van der Waals surface area contributed by atoms with Gasteiger partial charge >= 0.3 is 0 Å². The second-order valence-electron chi connectivity index (χ2n) is 4.23. The Morgan fingerprint density at radius 1 is 1.05 bits per heavy atom. The van der Waals surface area contributed by atoms with Crippen molar-refractivity contribution in [3.05, 3.63) is 56.2 Å². The molecule has 0 aliphatic heterocycles. The van der Waals surface area contributed by atoms with Crippen molar-refractivity contribution in [3.63, 3.8) is 0 Å². The lowest BCUT2D eigenvalue weighted by Gasteiger charge is -2.18. The van der Waals surface area contributed by atoms with E-state index in [1.165, 1.54) is 12.1 Å². The van der Waals surface area contributed by atoms with Gasteiger partial charge in [0.1, 0.15) is 21.8 Å². The predicted molar refractivity (Wildman–Crippen MR) is 89.0 cm³/mol. The van der Waals surface area contributed by atoms with Crippen LogP contribution in [0.15, 0.2) is 39.3 Å². The van der Waals surface area contributed by atoms with Crippen molar-refractivity contribution in [3.8, 4) is 11.5 Å². The minimum absolute atomic E-state index is 0.342. The second kappa shape index (κ2) is 6.99. The second-order valence-corrected chi connectivity index (χ2v) is 6.32. The zero-order chi connectivity index (χ0) is 15.6. The SMILES string of the molecule is COc1ccc(C(Cl)c2cc(F)ccc2Br)c(OC)c1Br. The Morgan fingerprint density at radius 2 is 1.76 bits per heavy atom. The summed E-state index contributed by atoms with van der Waals surface area (Å²) in [6.07, 6.45) is 0. The summed E-state index contributed by atoms with van der Waals surface area (Å²) < 4.78 is 25.5. The van der Waals surface area contributed by atoms with Crippen LogP contribution in [0.5, 0.6) is 11.5 Å². The van der Waals surface area contributed by atoms with Crippen molar-refractivity contribution in [2.75, 3.05) is 14.2 Å². The average Bonchev–Trinajstić information content (AvgIpc) is 2.48. The third-order valence-electron chi connectivity index (χ3n) is 3.02. The molecule has 2 aromatic carbocycles. The Labute approximate surface area is 144 Å². The van der Waals surface area contributed by atoms with Crippen LogP contribution < -0.4 is 9.47 Å². The van der Waals surface area contributed by atoms with E-state index in [1.807, 2.05) is 0 Å². The van der Waals surface area contributed by atoms with Gasteiger partial charge in [-0.15, -0.1) is 11.6 Å². The highest BCUT2D eigenvalue weighted by Gasteiger charge is 2.22. The standard InChI is InChI=1S/C15H12Br2ClFO2/c1-20-12-6-4-9(15(21-2)13(12)17)14(18)10-7-8(19)3-5-11(10)16/h3-7,14H,1-2H3. The molecule has 0 fully saturated rings. The third-order valence-corrected chi connectivity index (χ3v) is 4.96. The number of hydrogen-bond acceptors (Lipinski definition) is 2. The molecule has 0 aliphatic rings. The number of methoxy groups -OCH3 is 2. The summed E-state index contributed by atoms with van der Waals surface area (Å²) in [5.74, 6) is 0.855. The lowest BCUT2D eigenvalue weighted by Crippen LogP contribution is -2.01. The molecule has 2 rings (SSSR count). The monoisotopic (exact) mass is 436 g/mol. The molecule has 0 bridgehead atoms. The number of hydrogen-bond donors (Lipinski definition) is 0. The maximum atomic E-state index is 13.5. The number of ether oxygens (including phenoxy) is 2. The molecule has 0 aromatic heterocycles. The van der Waals surface area contributed by atoms with Crippen LogP contribution in [0.1, 0.15) is 16.5 Å². The Balaban J connectivity index is 2.55. The van der Waals surface area contributed by atoms with Gasteiger partial charge in [-0.3, -0.25) is 0 Å². The third kappa shape index (κ3) is 3.35. The molecule has 0 amide bonds. The zero-order valence-electron chi connectivity index (χ0n) is 11.3. The Hall–Kier alpha value is -0.780. The van der Waals surface area contributed by atoms with E-state index in [-0.39, 0.29) is 5.82 Å². The van der Waals surface area contributed by atoms with Crippen molar-refractivity contribution in [1.29, 1.82) is 0 Å². The average molecular weight is 439 g/mol. The molecule has 0 spiro atoms. The van der Waals surface area contributed by atoms with Gasteiger partial charge in [-0.25, -0.2) is 4.39 Å². The molecular weight excluding hydrogens is 426 g/mol. The number of halogens is 4. The van der Waals surface area contributed by atoms with Crippen molar-refractivity contribution in [2.24, 2.45) is 0 Å². The molecule has 0 heterocycles. The fraction of sp³-hybridized carbons (Fsp3) is 0.200. The first-order chi connectivity index (χ1) is 9.99. The molecule has 6 heteroatoms. The highest BCUT2D eigenvalue weighted by molar-refractivity contribution is 9.11. The fourth-order valence-electron chi connectivity index (χ4n) is 1.99. The van der Waals surface area contributed by atoms with Crippen molar-refractivity contribution >= 4 is 43.5 Å². The van der Waals surface area contributed by atoms with Crippen molar-refractivity contribution in [1.82, 2.24) is 0 Å². The van der Waals surface area contributed by atoms with E-state index in [4.69, 9.17) is 21.1 Å². The fourth-order valence-corrected chi connectivity index (χ4v) is 3.64. The lowest BCUT2D eigenvalue weighted by molar-refractivity contribution is 0.386. The molecule has 0 saturated carbocycles. The largest absolute Gasteiger partial charge is 0.495 e. The zero-order valence-corrected chi connectivity index (χ0v) is 15.2. The summed E-state index contributed by atoms with van der Waals surface area (Å²) in [4.78, 5) is 0. The number of rotatable bonds is 4. The van der Waals surface area contributed by atoms with E-state index in [1.54, 1.807) is 32.4 Å². The summed E-state index contributed by atoms with van der Waals surface area (Å²) in [6.45, 7) is 0. The summed E-state index contributed by atoms with van der Waals surface area (Å²) in [7, 11) is 3.12. The first-order valence-corrected chi connectivity index (χ1v) is 8.01. The van der Waals surface area contributed by atoms with Crippen LogP contribution >= 0.6 is 43.5 Å². The molecule has 0 saturated heterocycles. The first-order valence-electron chi connectivity index (χ1n) is 5.99. The van der Waals surface area contributed by atoms with Crippen LogP contribution in [0.2, 0.25) is 0 Å². The molecule has 0 N–H and O–H groups in total. The van der Waals surface area contributed by atoms with Gasteiger partial charge < -0.3 is 9.47 Å². The van der Waals surface area contributed by atoms with Gasteiger partial charge in [0.15, 0.2) is 0 Å². The van der Waals surface area contributed by atoms with Gasteiger partial charge in [0.2, 0.25) is 0 Å². The highest BCUT2D eigenvalue weighted by atomic mass is 79.9. The van der Waals surface area contributed by atoms with E-state index >= 15 is 0 Å². The summed E-state index contributed by atoms with van der Waals surface area (Å²) >= 11 is 13.3. The maximum Gasteiger partial charge on any atom is 0.141 e. The minimum Gasteiger partial charge on any atom is -0.495 e. The van der Waals surface area contributed by atoms with Crippen molar-refractivity contribution in [2.45, 2.75) is 5.38 Å². The van der Waals surface area contributed by atoms with Crippen LogP contribution in [0.25, 0.3) is 0 Å². The van der Waals surface area contributed by atoms with E-state index < -0.39 is 5.38 Å². The first kappa shape index (κ1) is 16.6. The topological polar surface area (TPSA) is 18.5 Å². The van der Waals surface area contributed by atoms with Crippen LogP contribution in [-0.4, -0.2) is 14.2 Å². The molecule has 21 heavy (non-hydrogen) atoms. The molecule has 0 aliphatic carbocycles. The molecule has 112 valence electrons.